The van der Waals surface area contributed by atoms with Crippen LogP contribution in [0.1, 0.15) is 50.3 Å². The number of rotatable bonds is 5. The van der Waals surface area contributed by atoms with Gasteiger partial charge in [0.1, 0.15) is 0 Å². The molecule has 0 saturated carbocycles. The second-order valence-corrected chi connectivity index (χ2v) is 10.4. The molecule has 2 aliphatic rings. The van der Waals surface area contributed by atoms with Crippen LogP contribution in [0.3, 0.4) is 0 Å². The van der Waals surface area contributed by atoms with Crippen LogP contribution in [0.2, 0.25) is 0 Å². The van der Waals surface area contributed by atoms with Crippen LogP contribution in [-0.2, 0) is 10.0 Å². The smallest absolute Gasteiger partial charge is 0.261 e. The first-order chi connectivity index (χ1) is 15.6. The Balaban J connectivity index is 1.66. The molecule has 3 amide bonds. The Labute approximate surface area is 193 Å². The van der Waals surface area contributed by atoms with Crippen molar-refractivity contribution < 1.29 is 22.8 Å². The fraction of sp³-hybridized carbons (Fsp3) is 0.348. The number of nitrogens with zero attached hydrogens (tertiary/aromatic N) is 3. The lowest BCUT2D eigenvalue weighted by atomic mass is 10.1. The molecule has 1 saturated heterocycles. The Hall–Kier alpha value is -3.24. The lowest BCUT2D eigenvalue weighted by molar-refractivity contribution is 0.0693. The third kappa shape index (κ3) is 4.11. The number of carbonyl (C=O) groups excluding carboxylic acids is 3. The Bertz CT molecular complexity index is 1250. The topological polar surface area (TPSA) is 107 Å². The number of anilines is 2. The van der Waals surface area contributed by atoms with Gasteiger partial charge in [-0.3, -0.25) is 19.3 Å². The first-order valence-corrected chi connectivity index (χ1v) is 12.1. The Kier molecular flexibility index (Phi) is 5.98. The van der Waals surface area contributed by atoms with Crippen molar-refractivity contribution in [1.29, 1.82) is 0 Å². The zero-order valence-corrected chi connectivity index (χ0v) is 19.6. The number of carbonyl (C=O) groups is 3. The van der Waals surface area contributed by atoms with E-state index in [1.54, 1.807) is 31.1 Å². The molecule has 0 unspecified atom stereocenters. The third-order valence-corrected chi connectivity index (χ3v) is 7.90. The van der Waals surface area contributed by atoms with Gasteiger partial charge in [-0.2, -0.15) is 4.31 Å². The first kappa shape index (κ1) is 22.9. The van der Waals surface area contributed by atoms with E-state index in [-0.39, 0.29) is 21.6 Å². The highest BCUT2D eigenvalue weighted by Crippen LogP contribution is 2.31. The van der Waals surface area contributed by atoms with Gasteiger partial charge < -0.3 is 10.2 Å². The van der Waals surface area contributed by atoms with Gasteiger partial charge in [0.05, 0.1) is 27.4 Å². The highest BCUT2D eigenvalue weighted by atomic mass is 32.2. The summed E-state index contributed by atoms with van der Waals surface area (Å²) in [6.45, 7) is 0.964. The van der Waals surface area contributed by atoms with Crippen LogP contribution in [-0.4, -0.2) is 69.6 Å². The normalized spacial score (nSPS) is 16.6. The van der Waals surface area contributed by atoms with Crippen molar-refractivity contribution in [3.8, 4) is 0 Å². The van der Waals surface area contributed by atoms with Gasteiger partial charge in [0.25, 0.3) is 17.7 Å². The van der Waals surface area contributed by atoms with Gasteiger partial charge in [-0.15, -0.1) is 0 Å². The lowest BCUT2D eigenvalue weighted by Gasteiger charge is -2.26. The molecule has 10 heteroatoms. The van der Waals surface area contributed by atoms with E-state index in [0.717, 1.165) is 24.2 Å². The molecule has 9 nitrogen and oxygen atoms in total. The number of sulfonamides is 1. The van der Waals surface area contributed by atoms with E-state index in [4.69, 9.17) is 0 Å². The zero-order chi connectivity index (χ0) is 23.9. The minimum absolute atomic E-state index is 0.113. The van der Waals surface area contributed by atoms with Gasteiger partial charge in [-0.05, 0) is 49.2 Å². The summed E-state index contributed by atoms with van der Waals surface area (Å²) in [6.07, 6.45) is 2.66. The molecule has 0 radical (unpaired) electrons. The molecule has 1 fully saturated rings. The molecule has 2 heterocycles. The second-order valence-electron chi connectivity index (χ2n) is 8.42. The molecule has 0 spiro atoms. The van der Waals surface area contributed by atoms with E-state index < -0.39 is 27.7 Å². The molecular weight excluding hydrogens is 444 g/mol. The zero-order valence-electron chi connectivity index (χ0n) is 18.8. The predicted octanol–water partition coefficient (Wildman–Crippen LogP) is 2.41. The molecule has 2 aliphatic heterocycles. The minimum atomic E-state index is -3.68. The number of fused-ring (bicyclic) bond motifs is 1. The van der Waals surface area contributed by atoms with E-state index in [2.05, 4.69) is 5.32 Å². The van der Waals surface area contributed by atoms with Crippen LogP contribution in [0.5, 0.6) is 0 Å². The summed E-state index contributed by atoms with van der Waals surface area (Å²) in [5.41, 5.74) is 1.59. The standard InChI is InChI=1S/C23H26N4O5S/c1-25(2)20-10-8-16(33(31,32)27-11-5-4-6-12-27)14-19(20)24-21(28)15-7-9-17-18(13-15)23(30)26(3)22(17)29/h7-10,13-14H,4-6,11-12H2,1-3H3,(H,24,28). The Morgan fingerprint density at radius 1 is 0.939 bits per heavy atom. The number of hydrogen-bond donors (Lipinski definition) is 1. The first-order valence-electron chi connectivity index (χ1n) is 10.7. The molecule has 4 rings (SSSR count). The number of piperidine rings is 1. The average molecular weight is 471 g/mol. The maximum absolute atomic E-state index is 13.1. The van der Waals surface area contributed by atoms with Gasteiger partial charge in [0.2, 0.25) is 10.0 Å². The number of benzene rings is 2. The number of imide groups is 1. The summed E-state index contributed by atoms with van der Waals surface area (Å²) in [6, 6.07) is 8.99. The lowest BCUT2D eigenvalue weighted by Crippen LogP contribution is -2.35. The number of amides is 3. The maximum Gasteiger partial charge on any atom is 0.261 e. The summed E-state index contributed by atoms with van der Waals surface area (Å²) in [7, 11) is 1.29. The molecule has 0 aliphatic carbocycles. The summed E-state index contributed by atoms with van der Waals surface area (Å²) >= 11 is 0. The third-order valence-electron chi connectivity index (χ3n) is 6.00. The van der Waals surface area contributed by atoms with Crippen molar-refractivity contribution in [3.63, 3.8) is 0 Å². The Morgan fingerprint density at radius 2 is 1.61 bits per heavy atom. The number of nitrogens with one attached hydrogen (secondary N) is 1. The van der Waals surface area contributed by atoms with E-state index in [1.807, 2.05) is 0 Å². The van der Waals surface area contributed by atoms with Crippen LogP contribution in [0.15, 0.2) is 41.3 Å². The largest absolute Gasteiger partial charge is 0.376 e. The Morgan fingerprint density at radius 3 is 2.27 bits per heavy atom. The van der Waals surface area contributed by atoms with E-state index in [0.29, 0.717) is 24.5 Å². The van der Waals surface area contributed by atoms with Crippen LogP contribution in [0, 0.1) is 0 Å². The summed E-state index contributed by atoms with van der Waals surface area (Å²) in [5.74, 6) is -1.39. The molecule has 0 aromatic heterocycles. The molecule has 0 atom stereocenters. The van der Waals surface area contributed by atoms with E-state index in [1.165, 1.54) is 35.6 Å². The average Bonchev–Trinajstić information content (AvgIpc) is 3.03. The van der Waals surface area contributed by atoms with Crippen molar-refractivity contribution in [2.75, 3.05) is 44.4 Å². The van der Waals surface area contributed by atoms with Gasteiger partial charge in [0, 0.05) is 39.8 Å². The fourth-order valence-corrected chi connectivity index (χ4v) is 5.66. The van der Waals surface area contributed by atoms with Gasteiger partial charge >= 0.3 is 0 Å². The summed E-state index contributed by atoms with van der Waals surface area (Å²) < 4.78 is 27.7. The fourth-order valence-electron chi connectivity index (χ4n) is 4.12. The van der Waals surface area contributed by atoms with Gasteiger partial charge in [0.15, 0.2) is 0 Å². The summed E-state index contributed by atoms with van der Waals surface area (Å²) in [4.78, 5) is 40.3. The molecule has 33 heavy (non-hydrogen) atoms. The van der Waals surface area contributed by atoms with Crippen molar-refractivity contribution in [2.45, 2.75) is 24.2 Å². The minimum Gasteiger partial charge on any atom is -0.376 e. The van der Waals surface area contributed by atoms with Crippen LogP contribution < -0.4 is 10.2 Å². The molecule has 1 N–H and O–H groups in total. The van der Waals surface area contributed by atoms with Crippen molar-refractivity contribution in [1.82, 2.24) is 9.21 Å². The van der Waals surface area contributed by atoms with E-state index in [9.17, 15) is 22.8 Å². The highest BCUT2D eigenvalue weighted by Gasteiger charge is 2.33. The van der Waals surface area contributed by atoms with Crippen LogP contribution >= 0.6 is 0 Å². The van der Waals surface area contributed by atoms with Crippen molar-refractivity contribution in [3.05, 3.63) is 53.1 Å². The van der Waals surface area contributed by atoms with Crippen LogP contribution in [0.25, 0.3) is 0 Å². The quantitative estimate of drug-likeness (QED) is 0.673. The van der Waals surface area contributed by atoms with Crippen molar-refractivity contribution in [2.24, 2.45) is 0 Å². The highest BCUT2D eigenvalue weighted by molar-refractivity contribution is 7.89. The monoisotopic (exact) mass is 470 g/mol. The second kappa shape index (κ2) is 8.60. The molecule has 2 aromatic rings. The molecule has 174 valence electrons. The van der Waals surface area contributed by atoms with Gasteiger partial charge in [-0.25, -0.2) is 8.42 Å². The number of hydrogen-bond acceptors (Lipinski definition) is 6. The molecule has 0 bridgehead atoms. The van der Waals surface area contributed by atoms with Crippen molar-refractivity contribution >= 4 is 39.1 Å². The van der Waals surface area contributed by atoms with Gasteiger partial charge in [-0.1, -0.05) is 6.42 Å². The predicted molar refractivity (Wildman–Crippen MR) is 124 cm³/mol. The van der Waals surface area contributed by atoms with Crippen LogP contribution in [0.4, 0.5) is 11.4 Å². The maximum atomic E-state index is 13.1. The van der Waals surface area contributed by atoms with E-state index >= 15 is 0 Å². The molecule has 2 aromatic carbocycles. The summed E-state index contributed by atoms with van der Waals surface area (Å²) in [5, 5.41) is 2.78. The molecular formula is C23H26N4O5S. The SMILES string of the molecule is CN1C(=O)c2ccc(C(=O)Nc3cc(S(=O)(=O)N4CCCCC4)ccc3N(C)C)cc2C1=O.